The third-order valence-electron chi connectivity index (χ3n) is 3.86. The maximum Gasteiger partial charge on any atom is 0.338 e. The van der Waals surface area contributed by atoms with Crippen molar-refractivity contribution in [2.45, 2.75) is 25.2 Å². The van der Waals surface area contributed by atoms with Crippen molar-refractivity contribution < 1.29 is 14.5 Å². The molecule has 0 N–H and O–H groups in total. The third kappa shape index (κ3) is 2.59. The minimum atomic E-state index is -0.586. The largest absolute Gasteiger partial charge is 0.465 e. The lowest BCUT2D eigenvalue weighted by Crippen LogP contribution is -2.07. The molecule has 0 unspecified atom stereocenters. The molecule has 1 fully saturated rings. The number of aromatic nitrogens is 1. The normalized spacial score (nSPS) is 14.4. The Hall–Kier alpha value is -2.28. The number of rotatable bonds is 4. The molecule has 0 spiro atoms. The zero-order chi connectivity index (χ0) is 15.7. The zero-order valence-electron chi connectivity index (χ0n) is 11.9. The number of hydrogen-bond acceptors (Lipinski definition) is 6. The second-order valence-corrected chi connectivity index (χ2v) is 6.23. The van der Waals surface area contributed by atoms with Gasteiger partial charge in [0.15, 0.2) is 0 Å². The van der Waals surface area contributed by atoms with E-state index < -0.39 is 10.9 Å². The van der Waals surface area contributed by atoms with Gasteiger partial charge in [0.1, 0.15) is 0 Å². The number of methoxy groups -OCH3 is 1. The fourth-order valence-corrected chi connectivity index (χ4v) is 3.52. The van der Waals surface area contributed by atoms with Crippen molar-refractivity contribution in [3.05, 3.63) is 45.1 Å². The van der Waals surface area contributed by atoms with Gasteiger partial charge < -0.3 is 4.74 Å². The number of esters is 1. The molecule has 0 saturated heterocycles. The Morgan fingerprint density at radius 3 is 2.82 bits per heavy atom. The lowest BCUT2D eigenvalue weighted by molar-refractivity contribution is -0.384. The lowest BCUT2D eigenvalue weighted by atomic mass is 9.86. The van der Waals surface area contributed by atoms with E-state index in [9.17, 15) is 14.9 Å². The maximum atomic E-state index is 11.9. The molecule has 1 aromatic carbocycles. The van der Waals surface area contributed by atoms with E-state index in [1.54, 1.807) is 12.3 Å². The van der Waals surface area contributed by atoms with E-state index in [1.165, 1.54) is 37.0 Å². The molecule has 0 radical (unpaired) electrons. The van der Waals surface area contributed by atoms with Gasteiger partial charge in [-0.05, 0) is 18.9 Å². The van der Waals surface area contributed by atoms with Gasteiger partial charge in [-0.2, -0.15) is 0 Å². The van der Waals surface area contributed by atoms with Gasteiger partial charge in [0, 0.05) is 29.8 Å². The molecule has 0 bridgehead atoms. The summed E-state index contributed by atoms with van der Waals surface area (Å²) in [4.78, 5) is 27.6. The summed E-state index contributed by atoms with van der Waals surface area (Å²) in [5.74, 6) is -0.0735. The number of thiazole rings is 1. The third-order valence-corrected chi connectivity index (χ3v) is 5.06. The zero-order valence-corrected chi connectivity index (χ0v) is 12.8. The average Bonchev–Trinajstić information content (AvgIpc) is 2.93. The highest BCUT2D eigenvalue weighted by Gasteiger charge is 2.24. The number of ether oxygens (including phenoxy) is 1. The molecule has 2 aromatic rings. The first-order valence-corrected chi connectivity index (χ1v) is 7.74. The molecule has 1 aliphatic carbocycles. The van der Waals surface area contributed by atoms with Gasteiger partial charge in [0.05, 0.1) is 27.5 Å². The Labute approximate surface area is 130 Å². The average molecular weight is 318 g/mol. The van der Waals surface area contributed by atoms with Crippen LogP contribution in [0, 0.1) is 10.1 Å². The first-order valence-electron chi connectivity index (χ1n) is 6.93. The van der Waals surface area contributed by atoms with Gasteiger partial charge in [0.25, 0.3) is 5.69 Å². The Balaban J connectivity index is 2.03. The highest BCUT2D eigenvalue weighted by Crippen LogP contribution is 2.41. The lowest BCUT2D eigenvalue weighted by Gasteiger charge is -2.22. The minimum absolute atomic E-state index is 0.132. The van der Waals surface area contributed by atoms with Crippen LogP contribution in [0.4, 0.5) is 5.69 Å². The SMILES string of the molecule is COC(=O)c1cc([N+](=O)[O-])ccc1-c1cnc(C2CCC2)s1. The fourth-order valence-electron chi connectivity index (χ4n) is 2.40. The summed E-state index contributed by atoms with van der Waals surface area (Å²) in [6, 6.07) is 4.23. The topological polar surface area (TPSA) is 82.3 Å². The molecule has 0 amide bonds. The smallest absolute Gasteiger partial charge is 0.338 e. The first kappa shape index (κ1) is 14.6. The van der Waals surface area contributed by atoms with Gasteiger partial charge in [-0.15, -0.1) is 11.3 Å². The second-order valence-electron chi connectivity index (χ2n) is 5.17. The molecule has 7 heteroatoms. The highest BCUT2D eigenvalue weighted by atomic mass is 32.1. The number of nitro benzene ring substituents is 1. The molecule has 1 aliphatic rings. The molecule has 1 aromatic heterocycles. The number of nitro groups is 1. The summed E-state index contributed by atoms with van der Waals surface area (Å²) in [5, 5.41) is 12.0. The van der Waals surface area contributed by atoms with Crippen molar-refractivity contribution in [2.75, 3.05) is 7.11 Å². The number of nitrogens with zero attached hydrogens (tertiary/aromatic N) is 2. The maximum absolute atomic E-state index is 11.9. The van der Waals surface area contributed by atoms with Gasteiger partial charge in [-0.25, -0.2) is 9.78 Å². The summed E-state index contributed by atoms with van der Waals surface area (Å²) in [5.41, 5.74) is 0.689. The van der Waals surface area contributed by atoms with Crippen LogP contribution in [0.1, 0.15) is 40.5 Å². The van der Waals surface area contributed by atoms with Crippen LogP contribution in [0.2, 0.25) is 0 Å². The monoisotopic (exact) mass is 318 g/mol. The minimum Gasteiger partial charge on any atom is -0.465 e. The van der Waals surface area contributed by atoms with Crippen molar-refractivity contribution in [2.24, 2.45) is 0 Å². The van der Waals surface area contributed by atoms with E-state index in [0.717, 1.165) is 22.7 Å². The summed E-state index contributed by atoms with van der Waals surface area (Å²) in [6.07, 6.45) is 5.25. The van der Waals surface area contributed by atoms with Crippen LogP contribution in [0.25, 0.3) is 10.4 Å². The van der Waals surface area contributed by atoms with Crippen molar-refractivity contribution in [3.63, 3.8) is 0 Å². The first-order chi connectivity index (χ1) is 10.6. The number of carbonyl (C=O) groups excluding carboxylic acids is 1. The van der Waals surface area contributed by atoms with Gasteiger partial charge in [-0.3, -0.25) is 10.1 Å². The quantitative estimate of drug-likeness (QED) is 0.487. The molecule has 114 valence electrons. The molecular weight excluding hydrogens is 304 g/mol. The molecule has 0 aliphatic heterocycles. The van der Waals surface area contributed by atoms with E-state index in [4.69, 9.17) is 4.74 Å². The van der Waals surface area contributed by atoms with E-state index >= 15 is 0 Å². The predicted octanol–water partition coefficient (Wildman–Crippen LogP) is 3.77. The van der Waals surface area contributed by atoms with Crippen molar-refractivity contribution in [1.29, 1.82) is 0 Å². The van der Waals surface area contributed by atoms with Crippen LogP contribution in [-0.4, -0.2) is 23.0 Å². The second kappa shape index (κ2) is 5.84. The van der Waals surface area contributed by atoms with Crippen LogP contribution in [0.3, 0.4) is 0 Å². The Morgan fingerprint density at radius 1 is 1.45 bits per heavy atom. The Morgan fingerprint density at radius 2 is 2.23 bits per heavy atom. The van der Waals surface area contributed by atoms with E-state index in [0.29, 0.717) is 11.5 Å². The predicted molar refractivity (Wildman–Crippen MR) is 82.1 cm³/mol. The van der Waals surface area contributed by atoms with Gasteiger partial charge >= 0.3 is 5.97 Å². The molecular formula is C15H14N2O4S. The van der Waals surface area contributed by atoms with Crippen LogP contribution < -0.4 is 0 Å². The van der Waals surface area contributed by atoms with Crippen LogP contribution in [-0.2, 0) is 4.74 Å². The standard InChI is InChI=1S/C15H14N2O4S/c1-21-15(18)12-7-10(17(19)20)5-6-11(12)13-8-16-14(22-13)9-3-2-4-9/h5-9H,2-4H2,1H3. The van der Waals surface area contributed by atoms with Gasteiger partial charge in [0.2, 0.25) is 0 Å². The van der Waals surface area contributed by atoms with Crippen molar-refractivity contribution in [1.82, 2.24) is 4.98 Å². The molecule has 3 rings (SSSR count). The number of non-ortho nitro benzene ring substituents is 1. The summed E-state index contributed by atoms with van der Waals surface area (Å²) in [6.45, 7) is 0. The fraction of sp³-hybridized carbons (Fsp3) is 0.333. The van der Waals surface area contributed by atoms with Crippen LogP contribution in [0.5, 0.6) is 0 Å². The number of benzene rings is 1. The van der Waals surface area contributed by atoms with E-state index in [-0.39, 0.29) is 11.3 Å². The van der Waals surface area contributed by atoms with E-state index in [2.05, 4.69) is 4.98 Å². The highest BCUT2D eigenvalue weighted by molar-refractivity contribution is 7.15. The Bertz CT molecular complexity index is 737. The number of hydrogen-bond donors (Lipinski definition) is 0. The van der Waals surface area contributed by atoms with Crippen molar-refractivity contribution in [3.8, 4) is 10.4 Å². The molecule has 22 heavy (non-hydrogen) atoms. The van der Waals surface area contributed by atoms with Crippen LogP contribution in [0.15, 0.2) is 24.4 Å². The van der Waals surface area contributed by atoms with Crippen LogP contribution >= 0.6 is 11.3 Å². The Kier molecular flexibility index (Phi) is 3.89. The molecule has 1 saturated carbocycles. The van der Waals surface area contributed by atoms with E-state index in [1.807, 2.05) is 0 Å². The molecule has 0 atom stereocenters. The summed E-state index contributed by atoms with van der Waals surface area (Å²) < 4.78 is 4.74. The van der Waals surface area contributed by atoms with Crippen molar-refractivity contribution >= 4 is 23.0 Å². The summed E-state index contributed by atoms with van der Waals surface area (Å²) in [7, 11) is 1.26. The van der Waals surface area contributed by atoms with Gasteiger partial charge in [-0.1, -0.05) is 6.42 Å². The molecule has 6 nitrogen and oxygen atoms in total. The summed E-state index contributed by atoms with van der Waals surface area (Å²) >= 11 is 1.54. The number of carbonyl (C=O) groups is 1. The molecule has 1 heterocycles.